The second kappa shape index (κ2) is 7.97. The lowest BCUT2D eigenvalue weighted by molar-refractivity contribution is -0.114. The number of methoxy groups -OCH3 is 1. The molecule has 2 rings (SSSR count). The van der Waals surface area contributed by atoms with Crippen LogP contribution in [0.25, 0.3) is 0 Å². The Morgan fingerprint density at radius 2 is 1.88 bits per heavy atom. The topological polar surface area (TPSA) is 91.2 Å². The lowest BCUT2D eigenvalue weighted by Crippen LogP contribution is -2.09. The van der Waals surface area contributed by atoms with Crippen LogP contribution in [0.3, 0.4) is 0 Å². The molecule has 0 atom stereocenters. The highest BCUT2D eigenvalue weighted by molar-refractivity contribution is 5.95. The summed E-state index contributed by atoms with van der Waals surface area (Å²) in [7, 11) is 1.53. The number of benzene rings is 2. The Balaban J connectivity index is 2.24. The van der Waals surface area contributed by atoms with Gasteiger partial charge in [-0.05, 0) is 42.8 Å². The Kier molecular flexibility index (Phi) is 5.75. The maximum absolute atomic E-state index is 11.5. The fraction of sp³-hybridized carbons (Fsp3) is 0.211. The third kappa shape index (κ3) is 4.58. The first-order valence-corrected chi connectivity index (χ1v) is 7.68. The number of nitrogens with one attached hydrogen (secondary N) is 2. The number of carbonyl (C=O) groups is 2. The van der Waals surface area contributed by atoms with Gasteiger partial charge in [-0.2, -0.15) is 5.26 Å². The minimum absolute atomic E-state index is 0.0649. The fourth-order valence-electron chi connectivity index (χ4n) is 2.36. The van der Waals surface area contributed by atoms with Gasteiger partial charge in [0.2, 0.25) is 5.91 Å². The minimum Gasteiger partial charge on any atom is -0.495 e. The number of Topliss-reactive ketones (excluding diaryl/α,β-unsaturated/α-hetero) is 1. The highest BCUT2D eigenvalue weighted by atomic mass is 16.5. The van der Waals surface area contributed by atoms with Crippen molar-refractivity contribution in [3.63, 3.8) is 0 Å². The molecule has 0 fully saturated rings. The molecular formula is C19H19N3O3. The Labute approximate surface area is 146 Å². The highest BCUT2D eigenvalue weighted by Crippen LogP contribution is 2.26. The maximum atomic E-state index is 11.5. The second-order valence-electron chi connectivity index (χ2n) is 5.50. The van der Waals surface area contributed by atoms with Crippen molar-refractivity contribution in [1.29, 1.82) is 5.26 Å². The zero-order valence-corrected chi connectivity index (χ0v) is 14.3. The van der Waals surface area contributed by atoms with Crippen LogP contribution in [0.1, 0.15) is 35.3 Å². The Morgan fingerprint density at radius 1 is 1.12 bits per heavy atom. The van der Waals surface area contributed by atoms with E-state index in [9.17, 15) is 14.9 Å². The minimum atomic E-state index is -0.190. The van der Waals surface area contributed by atoms with E-state index < -0.39 is 0 Å². The van der Waals surface area contributed by atoms with Gasteiger partial charge in [-0.25, -0.2) is 0 Å². The Hall–Kier alpha value is -3.33. The number of carbonyl (C=O) groups excluding carboxylic acids is 2. The van der Waals surface area contributed by atoms with Crippen molar-refractivity contribution in [3.8, 4) is 11.8 Å². The smallest absolute Gasteiger partial charge is 0.221 e. The van der Waals surface area contributed by atoms with E-state index in [0.29, 0.717) is 34.8 Å². The van der Waals surface area contributed by atoms with Crippen LogP contribution in [-0.4, -0.2) is 18.8 Å². The van der Waals surface area contributed by atoms with Crippen molar-refractivity contribution >= 4 is 23.1 Å². The number of ether oxygens (including phenoxy) is 1. The first-order valence-electron chi connectivity index (χ1n) is 7.68. The zero-order valence-electron chi connectivity index (χ0n) is 14.3. The fourth-order valence-corrected chi connectivity index (χ4v) is 2.36. The lowest BCUT2D eigenvalue weighted by Gasteiger charge is -2.13. The van der Waals surface area contributed by atoms with E-state index in [1.54, 1.807) is 30.3 Å². The van der Waals surface area contributed by atoms with Crippen LogP contribution in [0.2, 0.25) is 0 Å². The van der Waals surface area contributed by atoms with E-state index in [-0.39, 0.29) is 11.7 Å². The molecule has 0 spiro atoms. The molecule has 0 aromatic heterocycles. The molecule has 1 amide bonds. The first kappa shape index (κ1) is 18.0. The third-order valence-corrected chi connectivity index (χ3v) is 3.60. The second-order valence-corrected chi connectivity index (χ2v) is 5.50. The summed E-state index contributed by atoms with van der Waals surface area (Å²) in [5.74, 6) is 0.310. The summed E-state index contributed by atoms with van der Waals surface area (Å²) in [6.45, 7) is 3.33. The van der Waals surface area contributed by atoms with Crippen LogP contribution in [0.4, 0.5) is 11.4 Å². The molecule has 2 aromatic carbocycles. The quantitative estimate of drug-likeness (QED) is 0.789. The summed E-state index contributed by atoms with van der Waals surface area (Å²) in [5.41, 5.74) is 3.05. The van der Waals surface area contributed by atoms with Crippen LogP contribution in [-0.2, 0) is 11.3 Å². The van der Waals surface area contributed by atoms with E-state index in [1.807, 2.05) is 6.07 Å². The molecule has 6 nitrogen and oxygen atoms in total. The number of hydrogen-bond acceptors (Lipinski definition) is 5. The summed E-state index contributed by atoms with van der Waals surface area (Å²) in [6.07, 6.45) is 0. The predicted octanol–water partition coefficient (Wildman–Crippen LogP) is 3.34. The molecule has 0 aliphatic rings. The van der Waals surface area contributed by atoms with Crippen molar-refractivity contribution in [2.75, 3.05) is 17.7 Å². The monoisotopic (exact) mass is 337 g/mol. The van der Waals surface area contributed by atoms with Gasteiger partial charge in [0.15, 0.2) is 5.78 Å². The van der Waals surface area contributed by atoms with Crippen LogP contribution in [0, 0.1) is 11.3 Å². The van der Waals surface area contributed by atoms with Crippen molar-refractivity contribution < 1.29 is 14.3 Å². The van der Waals surface area contributed by atoms with Gasteiger partial charge in [-0.3, -0.25) is 9.59 Å². The largest absolute Gasteiger partial charge is 0.495 e. The molecule has 2 N–H and O–H groups in total. The molecule has 0 unspecified atom stereocenters. The molecule has 0 bridgehead atoms. The summed E-state index contributed by atoms with van der Waals surface area (Å²) < 4.78 is 5.23. The Morgan fingerprint density at radius 3 is 2.48 bits per heavy atom. The molecule has 0 aliphatic carbocycles. The average molecular weight is 337 g/mol. The van der Waals surface area contributed by atoms with Gasteiger partial charge in [0.05, 0.1) is 24.0 Å². The molecule has 0 radical (unpaired) electrons. The normalized spacial score (nSPS) is 9.84. The molecule has 128 valence electrons. The molecule has 0 heterocycles. The van der Waals surface area contributed by atoms with Crippen LogP contribution in [0.5, 0.6) is 5.75 Å². The number of hydrogen-bond donors (Lipinski definition) is 2. The van der Waals surface area contributed by atoms with Crippen LogP contribution < -0.4 is 15.4 Å². The molecule has 25 heavy (non-hydrogen) atoms. The molecular weight excluding hydrogens is 318 g/mol. The van der Waals surface area contributed by atoms with Crippen LogP contribution in [0.15, 0.2) is 36.4 Å². The van der Waals surface area contributed by atoms with Crippen molar-refractivity contribution in [1.82, 2.24) is 0 Å². The Bertz CT molecular complexity index is 853. The van der Waals surface area contributed by atoms with Gasteiger partial charge in [0.1, 0.15) is 11.8 Å². The van der Waals surface area contributed by atoms with Crippen molar-refractivity contribution in [2.24, 2.45) is 0 Å². The molecule has 0 saturated heterocycles. The number of ketones is 1. The van der Waals surface area contributed by atoms with Gasteiger partial charge < -0.3 is 15.4 Å². The van der Waals surface area contributed by atoms with Crippen molar-refractivity contribution in [3.05, 3.63) is 53.1 Å². The first-order chi connectivity index (χ1) is 11.9. The van der Waals surface area contributed by atoms with Gasteiger partial charge in [-0.15, -0.1) is 0 Å². The summed E-state index contributed by atoms with van der Waals surface area (Å²) >= 11 is 0. The molecule has 0 saturated carbocycles. The molecule has 0 aliphatic heterocycles. The van der Waals surface area contributed by atoms with Crippen molar-refractivity contribution in [2.45, 2.75) is 20.4 Å². The summed E-state index contributed by atoms with van der Waals surface area (Å²) in [4.78, 5) is 22.8. The standard InChI is InChI=1S/C19H19N3O3/c1-12(23)15-5-6-16(10-20)17(9-15)21-11-14-4-7-19(25-3)18(8-14)22-13(2)24/h4-9,21H,11H2,1-3H3,(H,22,24). The number of amides is 1. The highest BCUT2D eigenvalue weighted by Gasteiger charge is 2.09. The summed E-state index contributed by atoms with van der Waals surface area (Å²) in [6, 6.07) is 12.4. The van der Waals surface area contributed by atoms with Gasteiger partial charge in [-0.1, -0.05) is 6.07 Å². The summed E-state index contributed by atoms with van der Waals surface area (Å²) in [5, 5.41) is 15.1. The van der Waals surface area contributed by atoms with E-state index in [0.717, 1.165) is 5.56 Å². The number of nitrogens with zero attached hydrogens (tertiary/aromatic N) is 1. The number of nitriles is 1. The number of rotatable bonds is 6. The van der Waals surface area contributed by atoms with E-state index >= 15 is 0 Å². The SMILES string of the molecule is COc1ccc(CNc2cc(C(C)=O)ccc2C#N)cc1NC(C)=O. The molecule has 2 aromatic rings. The van der Waals surface area contributed by atoms with Crippen LogP contribution >= 0.6 is 0 Å². The van der Waals surface area contributed by atoms with E-state index in [4.69, 9.17) is 4.74 Å². The van der Waals surface area contributed by atoms with E-state index in [2.05, 4.69) is 16.7 Å². The maximum Gasteiger partial charge on any atom is 0.221 e. The lowest BCUT2D eigenvalue weighted by atomic mass is 10.1. The number of anilines is 2. The average Bonchev–Trinajstić information content (AvgIpc) is 2.59. The molecule has 6 heteroatoms. The van der Waals surface area contributed by atoms with E-state index in [1.165, 1.54) is 21.0 Å². The van der Waals surface area contributed by atoms with Gasteiger partial charge in [0, 0.05) is 19.0 Å². The van der Waals surface area contributed by atoms with Gasteiger partial charge >= 0.3 is 0 Å². The third-order valence-electron chi connectivity index (χ3n) is 3.60. The van der Waals surface area contributed by atoms with Gasteiger partial charge in [0.25, 0.3) is 0 Å². The predicted molar refractivity (Wildman–Crippen MR) is 95.8 cm³/mol. The zero-order chi connectivity index (χ0) is 18.4.